The van der Waals surface area contributed by atoms with Crippen LogP contribution in [0, 0.1) is 6.92 Å². The maximum Gasteiger partial charge on any atom is 0.230 e. The van der Waals surface area contributed by atoms with Crippen LogP contribution in [0.3, 0.4) is 0 Å². The fraction of sp³-hybridized carbons (Fsp3) is 0.133. The summed E-state index contributed by atoms with van der Waals surface area (Å²) in [6, 6.07) is 5.41. The van der Waals surface area contributed by atoms with Gasteiger partial charge in [0, 0.05) is 30.4 Å². The summed E-state index contributed by atoms with van der Waals surface area (Å²) in [5.74, 6) is 0.502. The Morgan fingerprint density at radius 3 is 3.18 bits per heavy atom. The maximum atomic E-state index is 12.1. The molecule has 0 bridgehead atoms. The van der Waals surface area contributed by atoms with Crippen molar-refractivity contribution in [2.45, 2.75) is 13.3 Å². The summed E-state index contributed by atoms with van der Waals surface area (Å²) >= 11 is 1.54. The monoisotopic (exact) mass is 312 g/mol. The van der Waals surface area contributed by atoms with Gasteiger partial charge in [0.1, 0.15) is 5.52 Å². The molecule has 7 heteroatoms. The van der Waals surface area contributed by atoms with E-state index in [0.29, 0.717) is 17.2 Å². The normalized spacial score (nSPS) is 11.3. The minimum Gasteiger partial charge on any atom is -0.441 e. The third-order valence-electron chi connectivity index (χ3n) is 3.26. The summed E-state index contributed by atoms with van der Waals surface area (Å²) in [6.45, 7) is 1.79. The highest BCUT2D eigenvalue weighted by atomic mass is 32.1. The summed E-state index contributed by atoms with van der Waals surface area (Å²) in [4.78, 5) is 21.7. The van der Waals surface area contributed by atoms with E-state index >= 15 is 0 Å². The Morgan fingerprint density at radius 1 is 1.41 bits per heavy atom. The summed E-state index contributed by atoms with van der Waals surface area (Å²) in [5, 5.41) is 4.82. The lowest BCUT2D eigenvalue weighted by Gasteiger charge is -2.03. The number of thiazole rings is 1. The van der Waals surface area contributed by atoms with E-state index in [1.807, 2.05) is 22.2 Å². The van der Waals surface area contributed by atoms with Crippen molar-refractivity contribution in [3.63, 3.8) is 0 Å². The predicted molar refractivity (Wildman–Crippen MR) is 84.1 cm³/mol. The number of hydrogen-bond donors (Lipinski definition) is 1. The summed E-state index contributed by atoms with van der Waals surface area (Å²) in [6.07, 6.45) is 4.04. The number of aryl methyl sites for hydroxylation is 1. The predicted octanol–water partition coefficient (Wildman–Crippen LogP) is 3.03. The van der Waals surface area contributed by atoms with Crippen molar-refractivity contribution >= 4 is 39.0 Å². The van der Waals surface area contributed by atoms with Crippen LogP contribution in [0.15, 0.2) is 40.4 Å². The van der Waals surface area contributed by atoms with Crippen LogP contribution in [-0.4, -0.2) is 20.3 Å². The molecule has 4 rings (SSSR count). The van der Waals surface area contributed by atoms with Gasteiger partial charge in [-0.25, -0.2) is 9.97 Å². The first-order valence-electron chi connectivity index (χ1n) is 6.75. The van der Waals surface area contributed by atoms with E-state index < -0.39 is 0 Å². The second kappa shape index (κ2) is 4.96. The van der Waals surface area contributed by atoms with Crippen molar-refractivity contribution < 1.29 is 9.21 Å². The third-order valence-corrected chi connectivity index (χ3v) is 4.03. The van der Waals surface area contributed by atoms with Crippen LogP contribution in [0.2, 0.25) is 0 Å². The van der Waals surface area contributed by atoms with Crippen LogP contribution in [0.5, 0.6) is 0 Å². The van der Waals surface area contributed by atoms with E-state index in [0.717, 1.165) is 16.2 Å². The lowest BCUT2D eigenvalue weighted by Crippen LogP contribution is -2.14. The Balaban J connectivity index is 1.51. The molecule has 0 fully saturated rings. The largest absolute Gasteiger partial charge is 0.441 e. The maximum absolute atomic E-state index is 12.1. The molecule has 4 aromatic rings. The Kier molecular flexibility index (Phi) is 2.93. The zero-order chi connectivity index (χ0) is 15.1. The van der Waals surface area contributed by atoms with Gasteiger partial charge >= 0.3 is 0 Å². The molecule has 0 radical (unpaired) electrons. The minimum atomic E-state index is -0.106. The van der Waals surface area contributed by atoms with Crippen LogP contribution in [-0.2, 0) is 11.2 Å². The number of fused-ring (bicyclic) bond motifs is 2. The molecule has 3 aromatic heterocycles. The Hall–Kier alpha value is -2.67. The van der Waals surface area contributed by atoms with Crippen LogP contribution in [0.4, 0.5) is 5.69 Å². The van der Waals surface area contributed by atoms with Crippen molar-refractivity contribution in [3.05, 3.63) is 47.6 Å². The average Bonchev–Trinajstić information content (AvgIpc) is 3.11. The lowest BCUT2D eigenvalue weighted by molar-refractivity contribution is -0.115. The molecular weight excluding hydrogens is 300 g/mol. The Labute approximate surface area is 129 Å². The van der Waals surface area contributed by atoms with Crippen molar-refractivity contribution in [2.75, 3.05) is 5.32 Å². The van der Waals surface area contributed by atoms with Gasteiger partial charge in [-0.15, -0.1) is 11.3 Å². The van der Waals surface area contributed by atoms with Crippen molar-refractivity contribution in [2.24, 2.45) is 0 Å². The fourth-order valence-electron chi connectivity index (χ4n) is 2.35. The molecule has 1 N–H and O–H groups in total. The first-order chi connectivity index (χ1) is 10.7. The van der Waals surface area contributed by atoms with Crippen molar-refractivity contribution in [1.82, 2.24) is 14.4 Å². The van der Waals surface area contributed by atoms with E-state index in [-0.39, 0.29) is 12.3 Å². The van der Waals surface area contributed by atoms with E-state index in [1.165, 1.54) is 0 Å². The zero-order valence-electron chi connectivity index (χ0n) is 11.7. The summed E-state index contributed by atoms with van der Waals surface area (Å²) < 4.78 is 7.33. The molecule has 0 aliphatic carbocycles. The lowest BCUT2D eigenvalue weighted by atomic mass is 10.2. The average molecular weight is 312 g/mol. The SMILES string of the molecule is Cc1nc2cc(NC(=O)Cc3cn4ccsc4n3)ccc2o1. The highest BCUT2D eigenvalue weighted by Gasteiger charge is 2.10. The van der Waals surface area contributed by atoms with Gasteiger partial charge in [0.15, 0.2) is 16.4 Å². The number of benzene rings is 1. The molecule has 3 heterocycles. The zero-order valence-corrected chi connectivity index (χ0v) is 12.6. The van der Waals surface area contributed by atoms with Crippen molar-refractivity contribution in [3.8, 4) is 0 Å². The number of nitrogens with zero attached hydrogens (tertiary/aromatic N) is 3. The van der Waals surface area contributed by atoms with Gasteiger partial charge < -0.3 is 9.73 Å². The molecule has 0 saturated carbocycles. The van der Waals surface area contributed by atoms with Gasteiger partial charge in [0.25, 0.3) is 0 Å². The van der Waals surface area contributed by atoms with Gasteiger partial charge in [0.05, 0.1) is 12.1 Å². The molecular formula is C15H12N4O2S. The Morgan fingerprint density at radius 2 is 2.32 bits per heavy atom. The number of rotatable bonds is 3. The van der Waals surface area contributed by atoms with Gasteiger partial charge in [-0.2, -0.15) is 0 Å². The number of imidazole rings is 1. The van der Waals surface area contributed by atoms with E-state index in [1.54, 1.807) is 36.5 Å². The smallest absolute Gasteiger partial charge is 0.230 e. The van der Waals surface area contributed by atoms with Gasteiger partial charge in [-0.05, 0) is 18.2 Å². The van der Waals surface area contributed by atoms with E-state index in [2.05, 4.69) is 15.3 Å². The topological polar surface area (TPSA) is 72.4 Å². The number of oxazole rings is 1. The van der Waals surface area contributed by atoms with Crippen molar-refractivity contribution in [1.29, 1.82) is 0 Å². The minimum absolute atomic E-state index is 0.106. The molecule has 0 aliphatic heterocycles. The summed E-state index contributed by atoms with van der Waals surface area (Å²) in [7, 11) is 0. The second-order valence-corrected chi connectivity index (χ2v) is 5.84. The third kappa shape index (κ3) is 2.35. The molecule has 0 aliphatic rings. The summed E-state index contributed by atoms with van der Waals surface area (Å²) in [5.41, 5.74) is 2.90. The highest BCUT2D eigenvalue weighted by Crippen LogP contribution is 2.20. The van der Waals surface area contributed by atoms with Crippen LogP contribution in [0.25, 0.3) is 16.1 Å². The van der Waals surface area contributed by atoms with E-state index in [4.69, 9.17) is 4.42 Å². The number of nitrogens with one attached hydrogen (secondary N) is 1. The number of anilines is 1. The van der Waals surface area contributed by atoms with Crippen LogP contribution < -0.4 is 5.32 Å². The first kappa shape index (κ1) is 13.0. The van der Waals surface area contributed by atoms with E-state index in [9.17, 15) is 4.79 Å². The molecule has 0 saturated heterocycles. The molecule has 1 amide bonds. The number of amides is 1. The first-order valence-corrected chi connectivity index (χ1v) is 7.63. The van der Waals surface area contributed by atoms with Gasteiger partial charge in [-0.3, -0.25) is 9.20 Å². The molecule has 0 atom stereocenters. The number of carbonyl (C=O) groups is 1. The second-order valence-electron chi connectivity index (χ2n) is 4.97. The highest BCUT2D eigenvalue weighted by molar-refractivity contribution is 7.15. The molecule has 6 nitrogen and oxygen atoms in total. The molecule has 0 spiro atoms. The van der Waals surface area contributed by atoms with Crippen LogP contribution >= 0.6 is 11.3 Å². The van der Waals surface area contributed by atoms with Crippen LogP contribution in [0.1, 0.15) is 11.6 Å². The molecule has 110 valence electrons. The quantitative estimate of drug-likeness (QED) is 0.631. The number of aromatic nitrogens is 3. The Bertz CT molecular complexity index is 953. The van der Waals surface area contributed by atoms with Gasteiger partial charge in [-0.1, -0.05) is 0 Å². The molecule has 1 aromatic carbocycles. The number of hydrogen-bond acceptors (Lipinski definition) is 5. The molecule has 22 heavy (non-hydrogen) atoms. The number of carbonyl (C=O) groups excluding carboxylic acids is 1. The molecule has 0 unspecified atom stereocenters. The standard InChI is InChI=1S/C15H12N4O2S/c1-9-16-12-6-10(2-3-13(12)21-9)17-14(20)7-11-8-19-4-5-22-15(19)18-11/h2-6,8H,7H2,1H3,(H,17,20). The fourth-order valence-corrected chi connectivity index (χ4v) is 3.07. The van der Waals surface area contributed by atoms with Gasteiger partial charge in [0.2, 0.25) is 5.91 Å².